The van der Waals surface area contributed by atoms with Crippen molar-refractivity contribution < 1.29 is 23.9 Å². The summed E-state index contributed by atoms with van der Waals surface area (Å²) in [6.45, 7) is 1.30. The minimum Gasteiger partial charge on any atom is -0.462 e. The number of hydrogen-bond acceptors (Lipinski definition) is 7. The molecule has 0 bridgehead atoms. The fourth-order valence-electron chi connectivity index (χ4n) is 3.28. The summed E-state index contributed by atoms with van der Waals surface area (Å²) in [5.41, 5.74) is 1.93. The van der Waals surface area contributed by atoms with E-state index in [2.05, 4.69) is 15.4 Å². The highest BCUT2D eigenvalue weighted by Gasteiger charge is 2.21. The van der Waals surface area contributed by atoms with Crippen LogP contribution in [0.5, 0.6) is 0 Å². The SMILES string of the molecule is CCOC(=O)c1ccccc1NC(=O)COC(=O)c1nc(-c2ccccc2)n(-c2ccccc2)n1. The molecule has 1 heterocycles. The lowest BCUT2D eigenvalue weighted by atomic mass is 10.2. The van der Waals surface area contributed by atoms with Crippen molar-refractivity contribution in [3.8, 4) is 17.1 Å². The molecule has 0 saturated carbocycles. The van der Waals surface area contributed by atoms with Gasteiger partial charge in [0.2, 0.25) is 0 Å². The first kappa shape index (κ1) is 23.4. The van der Waals surface area contributed by atoms with Crippen molar-refractivity contribution in [3.05, 3.63) is 96.3 Å². The number of carbonyl (C=O) groups is 3. The summed E-state index contributed by atoms with van der Waals surface area (Å²) in [5, 5.41) is 6.88. The van der Waals surface area contributed by atoms with E-state index in [4.69, 9.17) is 9.47 Å². The van der Waals surface area contributed by atoms with Gasteiger partial charge in [-0.15, -0.1) is 5.10 Å². The number of amides is 1. The highest BCUT2D eigenvalue weighted by atomic mass is 16.5. The second kappa shape index (κ2) is 10.9. The summed E-state index contributed by atoms with van der Waals surface area (Å²) in [4.78, 5) is 41.5. The maximum atomic E-state index is 12.7. The standard InChI is InChI=1S/C26H22N4O5/c1-2-34-25(32)20-15-9-10-16-21(20)27-22(31)17-35-26(33)23-28-24(18-11-5-3-6-12-18)30(29-23)19-13-7-4-8-14-19/h3-16H,2,17H2,1H3,(H,27,31). The third kappa shape index (κ3) is 5.59. The Morgan fingerprint density at radius 2 is 1.49 bits per heavy atom. The molecule has 0 aliphatic heterocycles. The van der Waals surface area contributed by atoms with Gasteiger partial charge in [-0.3, -0.25) is 4.79 Å². The Morgan fingerprint density at radius 3 is 2.20 bits per heavy atom. The Bertz CT molecular complexity index is 1280. The summed E-state index contributed by atoms with van der Waals surface area (Å²) in [6, 6.07) is 24.9. The van der Waals surface area contributed by atoms with Crippen molar-refractivity contribution >= 4 is 23.5 Å². The van der Waals surface area contributed by atoms with Crippen LogP contribution < -0.4 is 5.32 Å². The van der Waals surface area contributed by atoms with E-state index < -0.39 is 24.5 Å². The number of nitrogens with zero attached hydrogens (tertiary/aromatic N) is 3. The lowest BCUT2D eigenvalue weighted by molar-refractivity contribution is -0.119. The van der Waals surface area contributed by atoms with Crippen molar-refractivity contribution in [1.29, 1.82) is 0 Å². The molecule has 9 heteroatoms. The lowest BCUT2D eigenvalue weighted by Crippen LogP contribution is -2.23. The quantitative estimate of drug-likeness (QED) is 0.389. The summed E-state index contributed by atoms with van der Waals surface area (Å²) in [6.07, 6.45) is 0. The van der Waals surface area contributed by atoms with Crippen LogP contribution in [0.1, 0.15) is 27.9 Å². The van der Waals surface area contributed by atoms with E-state index in [-0.39, 0.29) is 23.7 Å². The zero-order valence-electron chi connectivity index (χ0n) is 18.9. The Morgan fingerprint density at radius 1 is 0.829 bits per heavy atom. The number of nitrogens with one attached hydrogen (secondary N) is 1. The van der Waals surface area contributed by atoms with Gasteiger partial charge in [0, 0.05) is 5.56 Å². The van der Waals surface area contributed by atoms with Gasteiger partial charge in [0.25, 0.3) is 11.7 Å². The zero-order chi connectivity index (χ0) is 24.6. The molecule has 1 aromatic heterocycles. The van der Waals surface area contributed by atoms with Crippen LogP contribution in [-0.4, -0.2) is 45.8 Å². The van der Waals surface area contributed by atoms with Crippen molar-refractivity contribution in [2.24, 2.45) is 0 Å². The van der Waals surface area contributed by atoms with Crippen LogP contribution in [-0.2, 0) is 14.3 Å². The third-order valence-electron chi connectivity index (χ3n) is 4.85. The van der Waals surface area contributed by atoms with Crippen molar-refractivity contribution in [2.75, 3.05) is 18.5 Å². The number of aromatic nitrogens is 3. The van der Waals surface area contributed by atoms with E-state index in [0.29, 0.717) is 11.5 Å². The van der Waals surface area contributed by atoms with Crippen LogP contribution in [0.3, 0.4) is 0 Å². The Kier molecular flexibility index (Phi) is 7.27. The molecule has 0 fully saturated rings. The maximum Gasteiger partial charge on any atom is 0.378 e. The monoisotopic (exact) mass is 470 g/mol. The van der Waals surface area contributed by atoms with E-state index in [1.165, 1.54) is 6.07 Å². The normalized spacial score (nSPS) is 10.4. The number of carbonyl (C=O) groups excluding carboxylic acids is 3. The summed E-state index contributed by atoms with van der Waals surface area (Å²) in [7, 11) is 0. The molecule has 0 aliphatic rings. The van der Waals surface area contributed by atoms with Crippen molar-refractivity contribution in [2.45, 2.75) is 6.92 Å². The average molecular weight is 470 g/mol. The first-order valence-corrected chi connectivity index (χ1v) is 10.9. The molecule has 176 valence electrons. The molecule has 35 heavy (non-hydrogen) atoms. The van der Waals surface area contributed by atoms with E-state index in [0.717, 1.165) is 5.56 Å². The second-order valence-corrected chi connectivity index (χ2v) is 7.26. The summed E-state index contributed by atoms with van der Waals surface area (Å²) < 4.78 is 11.7. The molecule has 0 saturated heterocycles. The number of benzene rings is 3. The number of rotatable bonds is 8. The van der Waals surface area contributed by atoms with E-state index >= 15 is 0 Å². The molecule has 0 aliphatic carbocycles. The fraction of sp³-hybridized carbons (Fsp3) is 0.115. The second-order valence-electron chi connectivity index (χ2n) is 7.26. The number of ether oxygens (including phenoxy) is 2. The average Bonchev–Trinajstić information content (AvgIpc) is 3.34. The highest BCUT2D eigenvalue weighted by Crippen LogP contribution is 2.21. The van der Waals surface area contributed by atoms with Gasteiger partial charge in [0.05, 0.1) is 23.5 Å². The molecule has 1 amide bonds. The minimum absolute atomic E-state index is 0.188. The first-order chi connectivity index (χ1) is 17.1. The molecule has 0 atom stereocenters. The van der Waals surface area contributed by atoms with Crippen LogP contribution in [0.2, 0.25) is 0 Å². The predicted molar refractivity (Wildman–Crippen MR) is 128 cm³/mol. The Balaban J connectivity index is 1.49. The van der Waals surface area contributed by atoms with E-state index in [1.807, 2.05) is 60.7 Å². The van der Waals surface area contributed by atoms with Crippen LogP contribution in [0.4, 0.5) is 5.69 Å². The number of hydrogen-bond donors (Lipinski definition) is 1. The summed E-state index contributed by atoms with van der Waals surface area (Å²) >= 11 is 0. The molecule has 0 unspecified atom stereocenters. The van der Waals surface area contributed by atoms with Crippen LogP contribution >= 0.6 is 0 Å². The third-order valence-corrected chi connectivity index (χ3v) is 4.85. The molecule has 0 radical (unpaired) electrons. The van der Waals surface area contributed by atoms with Gasteiger partial charge in [-0.05, 0) is 31.2 Å². The fourth-order valence-corrected chi connectivity index (χ4v) is 3.28. The topological polar surface area (TPSA) is 112 Å². The number of esters is 2. The van der Waals surface area contributed by atoms with Crippen LogP contribution in [0.25, 0.3) is 17.1 Å². The van der Waals surface area contributed by atoms with Gasteiger partial charge < -0.3 is 14.8 Å². The zero-order valence-corrected chi connectivity index (χ0v) is 18.9. The van der Waals surface area contributed by atoms with Crippen LogP contribution in [0, 0.1) is 0 Å². The van der Waals surface area contributed by atoms with Gasteiger partial charge in [0.1, 0.15) is 0 Å². The largest absolute Gasteiger partial charge is 0.462 e. The van der Waals surface area contributed by atoms with Gasteiger partial charge in [0.15, 0.2) is 12.4 Å². The smallest absolute Gasteiger partial charge is 0.378 e. The molecular weight excluding hydrogens is 448 g/mol. The Labute approximate surface area is 201 Å². The van der Waals surface area contributed by atoms with Gasteiger partial charge in [-0.1, -0.05) is 60.7 Å². The maximum absolute atomic E-state index is 12.7. The predicted octanol–water partition coefficient (Wildman–Crippen LogP) is 3.91. The Hall–Kier alpha value is -4.79. The van der Waals surface area contributed by atoms with Gasteiger partial charge in [-0.25, -0.2) is 19.3 Å². The van der Waals surface area contributed by atoms with Gasteiger partial charge in [-0.2, -0.15) is 0 Å². The molecule has 4 rings (SSSR count). The molecule has 3 aromatic carbocycles. The lowest BCUT2D eigenvalue weighted by Gasteiger charge is -2.10. The molecule has 9 nitrogen and oxygen atoms in total. The highest BCUT2D eigenvalue weighted by molar-refractivity contribution is 6.02. The first-order valence-electron chi connectivity index (χ1n) is 10.9. The minimum atomic E-state index is -0.856. The molecule has 1 N–H and O–H groups in total. The van der Waals surface area contributed by atoms with Crippen LogP contribution in [0.15, 0.2) is 84.9 Å². The van der Waals surface area contributed by atoms with Gasteiger partial charge >= 0.3 is 11.9 Å². The van der Waals surface area contributed by atoms with Crippen molar-refractivity contribution in [1.82, 2.24) is 14.8 Å². The molecule has 0 spiro atoms. The molecule has 4 aromatic rings. The van der Waals surface area contributed by atoms with Crippen molar-refractivity contribution in [3.63, 3.8) is 0 Å². The van der Waals surface area contributed by atoms with E-state index in [9.17, 15) is 14.4 Å². The summed E-state index contributed by atoms with van der Waals surface area (Å²) in [5.74, 6) is -1.78. The van der Waals surface area contributed by atoms with E-state index in [1.54, 1.807) is 29.8 Å². The number of anilines is 1. The molecular formula is C26H22N4O5. The number of para-hydroxylation sites is 2.